The highest BCUT2D eigenvalue weighted by Crippen LogP contribution is 2.30. The third-order valence-electron chi connectivity index (χ3n) is 3.83. The largest absolute Gasteiger partial charge is 0.313 e. The zero-order chi connectivity index (χ0) is 12.0. The van der Waals surface area contributed by atoms with E-state index in [4.69, 9.17) is 0 Å². The maximum atomic E-state index is 3.46. The molecular formula is C15H29N. The summed E-state index contributed by atoms with van der Waals surface area (Å²) in [6.45, 7) is 11.4. The van der Waals surface area contributed by atoms with E-state index in [1.54, 1.807) is 5.57 Å². The SMILES string of the molecule is CCNCC(=CC1CCC(C)CC1)C(C)C. The lowest BCUT2D eigenvalue weighted by molar-refractivity contribution is 0.328. The zero-order valence-corrected chi connectivity index (χ0v) is 11.6. The molecule has 1 aliphatic carbocycles. The van der Waals surface area contributed by atoms with Crippen molar-refractivity contribution in [1.82, 2.24) is 5.32 Å². The van der Waals surface area contributed by atoms with Gasteiger partial charge in [0.05, 0.1) is 0 Å². The standard InChI is InChI=1S/C15H29N/c1-5-16-11-15(12(2)3)10-14-8-6-13(4)7-9-14/h10,12-14,16H,5-9,11H2,1-4H3. The van der Waals surface area contributed by atoms with Crippen LogP contribution < -0.4 is 5.32 Å². The van der Waals surface area contributed by atoms with Gasteiger partial charge in [-0.1, -0.05) is 52.2 Å². The van der Waals surface area contributed by atoms with Crippen molar-refractivity contribution >= 4 is 0 Å². The first kappa shape index (κ1) is 13.8. The Morgan fingerprint density at radius 1 is 1.25 bits per heavy atom. The minimum absolute atomic E-state index is 0.693. The molecule has 0 aromatic rings. The Morgan fingerprint density at radius 2 is 1.88 bits per heavy atom. The Balaban J connectivity index is 2.49. The Hall–Kier alpha value is -0.300. The number of allylic oxidation sites excluding steroid dienone is 1. The van der Waals surface area contributed by atoms with Gasteiger partial charge in [0.15, 0.2) is 0 Å². The fourth-order valence-corrected chi connectivity index (χ4v) is 2.48. The molecule has 1 fully saturated rings. The summed E-state index contributed by atoms with van der Waals surface area (Å²) in [5.74, 6) is 2.51. The second kappa shape index (κ2) is 7.11. The topological polar surface area (TPSA) is 12.0 Å². The Kier molecular flexibility index (Phi) is 6.12. The minimum Gasteiger partial charge on any atom is -0.313 e. The molecule has 1 heteroatoms. The highest BCUT2D eigenvalue weighted by Gasteiger charge is 2.17. The van der Waals surface area contributed by atoms with Crippen LogP contribution in [0.15, 0.2) is 11.6 Å². The van der Waals surface area contributed by atoms with Gasteiger partial charge in [-0.2, -0.15) is 0 Å². The van der Waals surface area contributed by atoms with E-state index in [1.165, 1.54) is 25.7 Å². The van der Waals surface area contributed by atoms with Gasteiger partial charge in [-0.3, -0.25) is 0 Å². The molecule has 94 valence electrons. The molecule has 0 aromatic heterocycles. The molecule has 0 unspecified atom stereocenters. The number of hydrogen-bond donors (Lipinski definition) is 1. The summed E-state index contributed by atoms with van der Waals surface area (Å²) in [6.07, 6.45) is 8.23. The minimum atomic E-state index is 0.693. The molecule has 0 heterocycles. The maximum Gasteiger partial charge on any atom is 0.0167 e. The molecule has 0 saturated heterocycles. The molecular weight excluding hydrogens is 194 g/mol. The van der Waals surface area contributed by atoms with Crippen molar-refractivity contribution < 1.29 is 0 Å². The average Bonchev–Trinajstić information content (AvgIpc) is 2.26. The van der Waals surface area contributed by atoms with Crippen LogP contribution >= 0.6 is 0 Å². The first-order valence-corrected chi connectivity index (χ1v) is 7.04. The van der Waals surface area contributed by atoms with E-state index in [0.717, 1.165) is 24.9 Å². The highest BCUT2D eigenvalue weighted by molar-refractivity contribution is 5.09. The summed E-state index contributed by atoms with van der Waals surface area (Å²) < 4.78 is 0. The Bertz CT molecular complexity index is 209. The smallest absolute Gasteiger partial charge is 0.0167 e. The number of hydrogen-bond acceptors (Lipinski definition) is 1. The fraction of sp³-hybridized carbons (Fsp3) is 0.867. The molecule has 0 bridgehead atoms. The van der Waals surface area contributed by atoms with Gasteiger partial charge in [-0.15, -0.1) is 0 Å². The summed E-state index contributed by atoms with van der Waals surface area (Å²) in [5, 5.41) is 3.46. The summed E-state index contributed by atoms with van der Waals surface area (Å²) in [6, 6.07) is 0. The van der Waals surface area contributed by atoms with E-state index in [2.05, 4.69) is 39.1 Å². The van der Waals surface area contributed by atoms with Gasteiger partial charge in [-0.05, 0) is 37.1 Å². The zero-order valence-electron chi connectivity index (χ0n) is 11.6. The molecule has 0 amide bonds. The van der Waals surface area contributed by atoms with Crippen LogP contribution in [0.4, 0.5) is 0 Å². The van der Waals surface area contributed by atoms with Crippen molar-refractivity contribution in [2.45, 2.75) is 53.4 Å². The normalized spacial score (nSPS) is 27.4. The van der Waals surface area contributed by atoms with Crippen molar-refractivity contribution in [1.29, 1.82) is 0 Å². The third-order valence-corrected chi connectivity index (χ3v) is 3.83. The van der Waals surface area contributed by atoms with Gasteiger partial charge in [0, 0.05) is 6.54 Å². The average molecular weight is 223 g/mol. The van der Waals surface area contributed by atoms with Crippen molar-refractivity contribution in [3.05, 3.63) is 11.6 Å². The van der Waals surface area contributed by atoms with Gasteiger partial charge in [0.2, 0.25) is 0 Å². The van der Waals surface area contributed by atoms with E-state index in [1.807, 2.05) is 0 Å². The third kappa shape index (κ3) is 4.69. The van der Waals surface area contributed by atoms with E-state index < -0.39 is 0 Å². The molecule has 0 aromatic carbocycles. The van der Waals surface area contributed by atoms with Crippen LogP contribution in [0.2, 0.25) is 0 Å². The van der Waals surface area contributed by atoms with E-state index >= 15 is 0 Å². The molecule has 16 heavy (non-hydrogen) atoms. The molecule has 0 radical (unpaired) electrons. The highest BCUT2D eigenvalue weighted by atomic mass is 14.8. The second-order valence-corrected chi connectivity index (χ2v) is 5.70. The predicted molar refractivity (Wildman–Crippen MR) is 72.6 cm³/mol. The van der Waals surface area contributed by atoms with Crippen LogP contribution in [-0.2, 0) is 0 Å². The van der Waals surface area contributed by atoms with Crippen LogP contribution in [0.3, 0.4) is 0 Å². The molecule has 0 aliphatic heterocycles. The first-order chi connectivity index (χ1) is 7.63. The molecule has 1 rings (SSSR count). The van der Waals surface area contributed by atoms with Crippen molar-refractivity contribution in [3.8, 4) is 0 Å². The lowest BCUT2D eigenvalue weighted by Crippen LogP contribution is -2.20. The van der Waals surface area contributed by atoms with Crippen LogP contribution in [0, 0.1) is 17.8 Å². The number of nitrogens with one attached hydrogen (secondary N) is 1. The number of rotatable bonds is 5. The van der Waals surface area contributed by atoms with E-state index in [-0.39, 0.29) is 0 Å². The molecule has 1 aliphatic rings. The number of likely N-dealkylation sites (N-methyl/N-ethyl adjacent to an activating group) is 1. The van der Waals surface area contributed by atoms with Crippen molar-refractivity contribution in [2.24, 2.45) is 17.8 Å². The first-order valence-electron chi connectivity index (χ1n) is 7.04. The van der Waals surface area contributed by atoms with Crippen LogP contribution in [0.5, 0.6) is 0 Å². The lowest BCUT2D eigenvalue weighted by atomic mass is 9.81. The van der Waals surface area contributed by atoms with Crippen LogP contribution in [0.25, 0.3) is 0 Å². The Labute approximate surface area is 102 Å². The predicted octanol–water partition coefficient (Wildman–Crippen LogP) is 4.00. The lowest BCUT2D eigenvalue weighted by Gasteiger charge is -2.25. The second-order valence-electron chi connectivity index (χ2n) is 5.70. The molecule has 1 nitrogen and oxygen atoms in total. The Morgan fingerprint density at radius 3 is 2.38 bits per heavy atom. The van der Waals surface area contributed by atoms with Gasteiger partial charge in [0.25, 0.3) is 0 Å². The van der Waals surface area contributed by atoms with Gasteiger partial charge in [-0.25, -0.2) is 0 Å². The van der Waals surface area contributed by atoms with Gasteiger partial charge < -0.3 is 5.32 Å². The molecule has 1 saturated carbocycles. The fourth-order valence-electron chi connectivity index (χ4n) is 2.48. The summed E-state index contributed by atoms with van der Waals surface area (Å²) in [4.78, 5) is 0. The van der Waals surface area contributed by atoms with Crippen molar-refractivity contribution in [2.75, 3.05) is 13.1 Å². The molecule has 1 N–H and O–H groups in total. The summed E-state index contributed by atoms with van der Waals surface area (Å²) >= 11 is 0. The summed E-state index contributed by atoms with van der Waals surface area (Å²) in [5.41, 5.74) is 1.61. The van der Waals surface area contributed by atoms with Crippen molar-refractivity contribution in [3.63, 3.8) is 0 Å². The quantitative estimate of drug-likeness (QED) is 0.695. The molecule has 0 atom stereocenters. The van der Waals surface area contributed by atoms with Gasteiger partial charge in [0.1, 0.15) is 0 Å². The van der Waals surface area contributed by atoms with E-state index in [9.17, 15) is 0 Å². The maximum absolute atomic E-state index is 3.46. The van der Waals surface area contributed by atoms with E-state index in [0.29, 0.717) is 5.92 Å². The van der Waals surface area contributed by atoms with Crippen LogP contribution in [0.1, 0.15) is 53.4 Å². The monoisotopic (exact) mass is 223 g/mol. The summed E-state index contributed by atoms with van der Waals surface area (Å²) in [7, 11) is 0. The van der Waals surface area contributed by atoms with Crippen LogP contribution in [-0.4, -0.2) is 13.1 Å². The molecule has 0 spiro atoms. The van der Waals surface area contributed by atoms with Gasteiger partial charge >= 0.3 is 0 Å².